The highest BCUT2D eigenvalue weighted by Gasteiger charge is 1.95. The molecular formula is C11H18IN3O. The molecule has 0 radical (unpaired) electrons. The molecule has 90 valence electrons. The molecule has 0 heterocycles. The van der Waals surface area contributed by atoms with E-state index in [2.05, 4.69) is 4.99 Å². The van der Waals surface area contributed by atoms with E-state index in [-0.39, 0.29) is 29.9 Å². The van der Waals surface area contributed by atoms with Crippen molar-refractivity contribution in [2.24, 2.45) is 16.5 Å². The second-order valence-corrected chi connectivity index (χ2v) is 3.14. The van der Waals surface area contributed by atoms with Crippen LogP contribution in [0.25, 0.3) is 0 Å². The van der Waals surface area contributed by atoms with Gasteiger partial charge in [-0.3, -0.25) is 4.99 Å². The Labute approximate surface area is 113 Å². The molecule has 1 aromatic rings. The van der Waals surface area contributed by atoms with Crippen LogP contribution >= 0.6 is 24.0 Å². The fourth-order valence-electron chi connectivity index (χ4n) is 1.27. The molecule has 0 unspecified atom stereocenters. The van der Waals surface area contributed by atoms with E-state index in [1.54, 1.807) is 0 Å². The third-order valence-electron chi connectivity index (χ3n) is 1.90. The number of nitrogens with zero attached hydrogens (tertiary/aromatic N) is 1. The molecule has 0 bridgehead atoms. The molecule has 16 heavy (non-hydrogen) atoms. The van der Waals surface area contributed by atoms with Crippen molar-refractivity contribution in [2.45, 2.75) is 13.3 Å². The Bertz CT molecular complexity index is 338. The number of hydrogen-bond donors (Lipinski definition) is 2. The summed E-state index contributed by atoms with van der Waals surface area (Å²) in [6, 6.07) is 7.94. The summed E-state index contributed by atoms with van der Waals surface area (Å²) >= 11 is 0. The van der Waals surface area contributed by atoms with E-state index in [0.29, 0.717) is 13.2 Å². The fourth-order valence-corrected chi connectivity index (χ4v) is 1.27. The molecule has 0 atom stereocenters. The zero-order valence-corrected chi connectivity index (χ0v) is 11.7. The van der Waals surface area contributed by atoms with Crippen LogP contribution in [0.3, 0.4) is 0 Å². The van der Waals surface area contributed by atoms with Crippen molar-refractivity contribution in [3.63, 3.8) is 0 Å². The molecule has 0 saturated heterocycles. The van der Waals surface area contributed by atoms with Crippen LogP contribution < -0.4 is 16.2 Å². The van der Waals surface area contributed by atoms with Crippen LogP contribution in [-0.4, -0.2) is 19.1 Å². The summed E-state index contributed by atoms with van der Waals surface area (Å²) in [5.41, 5.74) is 11.6. The fraction of sp³-hybridized carbons (Fsp3) is 0.364. The van der Waals surface area contributed by atoms with Gasteiger partial charge in [0.1, 0.15) is 5.75 Å². The Morgan fingerprint density at radius 2 is 2.12 bits per heavy atom. The Morgan fingerprint density at radius 1 is 1.38 bits per heavy atom. The molecule has 0 saturated carbocycles. The lowest BCUT2D eigenvalue weighted by Gasteiger charge is -2.04. The summed E-state index contributed by atoms with van der Waals surface area (Å²) in [7, 11) is 0. The summed E-state index contributed by atoms with van der Waals surface area (Å²) in [6.45, 7) is 3.25. The quantitative estimate of drug-likeness (QED) is 0.487. The minimum Gasteiger partial charge on any atom is -0.494 e. The van der Waals surface area contributed by atoms with Gasteiger partial charge in [0.2, 0.25) is 0 Å². The smallest absolute Gasteiger partial charge is 0.185 e. The second kappa shape index (κ2) is 8.20. The standard InChI is InChI=1S/C11H17N3O.HI/c1-2-15-10-5-3-4-9(8-10)6-7-14-11(12)13;/h3-5,8H,2,6-7H2,1H3,(H4,12,13,14);1H. The van der Waals surface area contributed by atoms with Crippen molar-refractivity contribution < 1.29 is 4.74 Å². The van der Waals surface area contributed by atoms with Gasteiger partial charge < -0.3 is 16.2 Å². The third-order valence-corrected chi connectivity index (χ3v) is 1.90. The van der Waals surface area contributed by atoms with Crippen molar-refractivity contribution in [1.82, 2.24) is 0 Å². The molecule has 4 nitrogen and oxygen atoms in total. The Kier molecular flexibility index (Phi) is 7.70. The number of aliphatic imine (C=N–C) groups is 1. The topological polar surface area (TPSA) is 73.6 Å². The number of hydrogen-bond acceptors (Lipinski definition) is 2. The van der Waals surface area contributed by atoms with Crippen molar-refractivity contribution in [3.05, 3.63) is 29.8 Å². The molecule has 0 aliphatic rings. The van der Waals surface area contributed by atoms with E-state index < -0.39 is 0 Å². The molecule has 0 spiro atoms. The van der Waals surface area contributed by atoms with Crippen molar-refractivity contribution in [3.8, 4) is 5.75 Å². The summed E-state index contributed by atoms with van der Waals surface area (Å²) in [6.07, 6.45) is 0.818. The Hall–Kier alpha value is -0.980. The average Bonchev–Trinajstić information content (AvgIpc) is 2.18. The lowest BCUT2D eigenvalue weighted by molar-refractivity contribution is 0.340. The van der Waals surface area contributed by atoms with Gasteiger partial charge in [0.15, 0.2) is 5.96 Å². The zero-order valence-electron chi connectivity index (χ0n) is 9.35. The molecule has 0 aliphatic carbocycles. The summed E-state index contributed by atoms with van der Waals surface area (Å²) in [5.74, 6) is 1.02. The maximum Gasteiger partial charge on any atom is 0.185 e. The summed E-state index contributed by atoms with van der Waals surface area (Å²) in [5, 5.41) is 0. The van der Waals surface area contributed by atoms with Gasteiger partial charge in [-0.25, -0.2) is 0 Å². The molecule has 0 aromatic heterocycles. The first-order valence-corrected chi connectivity index (χ1v) is 4.99. The van der Waals surface area contributed by atoms with E-state index >= 15 is 0 Å². The zero-order chi connectivity index (χ0) is 11.1. The van der Waals surface area contributed by atoms with E-state index in [0.717, 1.165) is 12.2 Å². The maximum atomic E-state index is 5.39. The Balaban J connectivity index is 0.00000225. The SMILES string of the molecule is CCOc1cccc(CCN=C(N)N)c1.I. The minimum atomic E-state index is 0. The third kappa shape index (κ3) is 5.79. The minimum absolute atomic E-state index is 0. The maximum absolute atomic E-state index is 5.39. The van der Waals surface area contributed by atoms with Crippen LogP contribution in [-0.2, 0) is 6.42 Å². The molecule has 1 rings (SSSR count). The summed E-state index contributed by atoms with van der Waals surface area (Å²) in [4.78, 5) is 3.93. The first-order chi connectivity index (χ1) is 7.22. The van der Waals surface area contributed by atoms with Crippen LogP contribution in [0.5, 0.6) is 5.75 Å². The highest BCUT2D eigenvalue weighted by Crippen LogP contribution is 2.13. The number of benzene rings is 1. The molecule has 1 aromatic carbocycles. The van der Waals surface area contributed by atoms with Crippen molar-refractivity contribution in [2.75, 3.05) is 13.2 Å². The van der Waals surface area contributed by atoms with E-state index in [1.165, 1.54) is 5.56 Å². The van der Waals surface area contributed by atoms with Gasteiger partial charge in [0, 0.05) is 6.54 Å². The van der Waals surface area contributed by atoms with E-state index in [9.17, 15) is 0 Å². The molecule has 4 N–H and O–H groups in total. The van der Waals surface area contributed by atoms with Crippen LogP contribution in [0.2, 0.25) is 0 Å². The molecule has 5 heteroatoms. The first-order valence-electron chi connectivity index (χ1n) is 4.99. The van der Waals surface area contributed by atoms with E-state index in [1.807, 2.05) is 31.2 Å². The van der Waals surface area contributed by atoms with Crippen LogP contribution in [0, 0.1) is 0 Å². The van der Waals surface area contributed by atoms with Gasteiger partial charge in [-0.2, -0.15) is 0 Å². The average molecular weight is 335 g/mol. The van der Waals surface area contributed by atoms with Gasteiger partial charge in [-0.1, -0.05) is 12.1 Å². The highest BCUT2D eigenvalue weighted by atomic mass is 127. The number of ether oxygens (including phenoxy) is 1. The normalized spacial score (nSPS) is 9.06. The predicted octanol–water partition coefficient (Wildman–Crippen LogP) is 1.52. The lowest BCUT2D eigenvalue weighted by atomic mass is 10.1. The molecule has 0 aliphatic heterocycles. The lowest BCUT2D eigenvalue weighted by Crippen LogP contribution is -2.23. The number of rotatable bonds is 5. The second-order valence-electron chi connectivity index (χ2n) is 3.14. The van der Waals surface area contributed by atoms with Gasteiger partial charge in [0.05, 0.1) is 6.61 Å². The molecular weight excluding hydrogens is 317 g/mol. The number of halogens is 1. The van der Waals surface area contributed by atoms with Crippen molar-refractivity contribution in [1.29, 1.82) is 0 Å². The molecule has 0 fully saturated rings. The largest absolute Gasteiger partial charge is 0.494 e. The van der Waals surface area contributed by atoms with Crippen LogP contribution in [0.4, 0.5) is 0 Å². The van der Waals surface area contributed by atoms with E-state index in [4.69, 9.17) is 16.2 Å². The number of guanidine groups is 1. The van der Waals surface area contributed by atoms with Gasteiger partial charge in [0.25, 0.3) is 0 Å². The number of nitrogens with two attached hydrogens (primary N) is 2. The first kappa shape index (κ1) is 15.0. The monoisotopic (exact) mass is 335 g/mol. The summed E-state index contributed by atoms with van der Waals surface area (Å²) < 4.78 is 5.39. The molecule has 0 amide bonds. The van der Waals surface area contributed by atoms with Crippen LogP contribution in [0.1, 0.15) is 12.5 Å². The van der Waals surface area contributed by atoms with Crippen molar-refractivity contribution >= 4 is 29.9 Å². The van der Waals surface area contributed by atoms with Gasteiger partial charge >= 0.3 is 0 Å². The predicted molar refractivity (Wildman–Crippen MR) is 77.4 cm³/mol. The van der Waals surface area contributed by atoms with Crippen LogP contribution in [0.15, 0.2) is 29.3 Å². The highest BCUT2D eigenvalue weighted by molar-refractivity contribution is 14.0. The van der Waals surface area contributed by atoms with Gasteiger partial charge in [-0.15, -0.1) is 24.0 Å². The van der Waals surface area contributed by atoms with Gasteiger partial charge in [-0.05, 0) is 31.0 Å². The Morgan fingerprint density at radius 3 is 2.75 bits per heavy atom.